The molecule has 3 rings (SSSR count). The highest BCUT2D eigenvalue weighted by molar-refractivity contribution is 8.45. The van der Waals surface area contributed by atoms with E-state index >= 15 is 0 Å². The van der Waals surface area contributed by atoms with E-state index in [9.17, 15) is 29.0 Å². The van der Waals surface area contributed by atoms with Gasteiger partial charge in [0.15, 0.2) is 0 Å². The first-order chi connectivity index (χ1) is 13.4. The van der Waals surface area contributed by atoms with Crippen molar-refractivity contribution < 1.29 is 29.0 Å². The lowest BCUT2D eigenvalue weighted by Crippen LogP contribution is -2.43. The highest BCUT2D eigenvalue weighted by atomic mass is 35.5. The second kappa shape index (κ2) is 6.24. The zero-order chi connectivity index (χ0) is 22.8. The molecule has 1 aliphatic heterocycles. The minimum atomic E-state index is -9.80. The molecule has 30 heavy (non-hydrogen) atoms. The lowest BCUT2D eigenvalue weighted by atomic mass is 10.0. The van der Waals surface area contributed by atoms with Crippen molar-refractivity contribution in [1.29, 1.82) is 0 Å². The van der Waals surface area contributed by atoms with Gasteiger partial charge in [-0.2, -0.15) is 0 Å². The van der Waals surface area contributed by atoms with Crippen LogP contribution in [0.1, 0.15) is 19.4 Å². The monoisotopic (exact) mass is 488 g/mol. The summed E-state index contributed by atoms with van der Waals surface area (Å²) in [5.74, 6) is -0.588. The predicted octanol–water partition coefficient (Wildman–Crippen LogP) is 7.40. The predicted molar refractivity (Wildman–Crippen MR) is 107 cm³/mol. The number of hydrogen-bond acceptors (Lipinski definition) is 2. The zero-order valence-electron chi connectivity index (χ0n) is 15.5. The SMILES string of the molecule is CC1(C)C(=O)N(c2ccc(Cl)c(Cl)c2)C(=O)N1Cc1ccc(S(F)(F)(F)(F)F)cc1. The second-order valence-corrected chi connectivity index (χ2v) is 10.5. The van der Waals surface area contributed by atoms with E-state index in [0.29, 0.717) is 0 Å². The largest absolute Gasteiger partial charge is 0.332 e. The molecule has 0 atom stereocenters. The number of rotatable bonds is 4. The second-order valence-electron chi connectivity index (χ2n) is 7.28. The van der Waals surface area contributed by atoms with E-state index in [2.05, 4.69) is 0 Å². The van der Waals surface area contributed by atoms with Crippen molar-refractivity contribution in [2.45, 2.75) is 30.8 Å². The van der Waals surface area contributed by atoms with E-state index in [1.807, 2.05) is 0 Å². The van der Waals surface area contributed by atoms with Gasteiger partial charge in [0, 0.05) is 6.54 Å². The van der Waals surface area contributed by atoms with Crippen LogP contribution < -0.4 is 4.90 Å². The van der Waals surface area contributed by atoms with Gasteiger partial charge in [0.2, 0.25) is 0 Å². The summed E-state index contributed by atoms with van der Waals surface area (Å²) in [5.41, 5.74) is -1.03. The third-order valence-corrected chi connectivity index (χ3v) is 6.60. The van der Waals surface area contributed by atoms with E-state index in [4.69, 9.17) is 23.2 Å². The maximum Gasteiger partial charge on any atom is 0.332 e. The van der Waals surface area contributed by atoms with E-state index in [1.165, 1.54) is 32.0 Å². The Labute approximate surface area is 178 Å². The van der Waals surface area contributed by atoms with Gasteiger partial charge in [0.05, 0.1) is 15.7 Å². The molecule has 0 bridgehead atoms. The quantitative estimate of drug-likeness (QED) is 0.332. The molecule has 1 heterocycles. The highest BCUT2D eigenvalue weighted by Crippen LogP contribution is 3.02. The first-order valence-corrected chi connectivity index (χ1v) is 11.1. The maximum absolute atomic E-state index is 12.9. The number of halogens is 7. The van der Waals surface area contributed by atoms with Crippen LogP contribution in [0.2, 0.25) is 10.0 Å². The fourth-order valence-electron chi connectivity index (χ4n) is 2.99. The third-order valence-electron chi connectivity index (χ3n) is 4.69. The van der Waals surface area contributed by atoms with Gasteiger partial charge in [0.1, 0.15) is 10.4 Å². The summed E-state index contributed by atoms with van der Waals surface area (Å²) in [6, 6.07) is 5.67. The van der Waals surface area contributed by atoms with Gasteiger partial charge in [-0.15, -0.1) is 0 Å². The third kappa shape index (κ3) is 4.08. The molecule has 164 valence electrons. The number of amides is 3. The van der Waals surface area contributed by atoms with Crippen molar-refractivity contribution in [1.82, 2.24) is 4.90 Å². The van der Waals surface area contributed by atoms with E-state index < -0.39 is 32.6 Å². The molecular formula is C18H15Cl2F5N2O2S. The Hall–Kier alpha value is -2.04. The van der Waals surface area contributed by atoms with Gasteiger partial charge in [-0.1, -0.05) is 54.8 Å². The molecule has 0 N–H and O–H groups in total. The summed E-state index contributed by atoms with van der Waals surface area (Å²) < 4.78 is 64.4. The lowest BCUT2D eigenvalue weighted by Gasteiger charge is -2.40. The molecule has 12 heteroatoms. The summed E-state index contributed by atoms with van der Waals surface area (Å²) >= 11 is 11.8. The van der Waals surface area contributed by atoms with Crippen molar-refractivity contribution in [2.75, 3.05) is 4.90 Å². The number of anilines is 1. The number of urea groups is 1. The lowest BCUT2D eigenvalue weighted by molar-refractivity contribution is -0.123. The van der Waals surface area contributed by atoms with Gasteiger partial charge >= 0.3 is 16.3 Å². The Morgan fingerprint density at radius 3 is 1.97 bits per heavy atom. The molecule has 2 aromatic carbocycles. The molecule has 4 nitrogen and oxygen atoms in total. The minimum absolute atomic E-state index is 0.123. The van der Waals surface area contributed by atoms with Crippen LogP contribution in [-0.2, 0) is 11.3 Å². The molecule has 0 aromatic heterocycles. The number of carbonyl (C=O) groups excluding carboxylic acids is 2. The summed E-state index contributed by atoms with van der Waals surface area (Å²) in [5, 5.41) is 0.345. The van der Waals surface area contributed by atoms with Gasteiger partial charge in [-0.05, 0) is 49.7 Å². The van der Waals surface area contributed by atoms with Crippen molar-refractivity contribution in [2.24, 2.45) is 0 Å². The first kappa shape index (κ1) is 22.6. The van der Waals surface area contributed by atoms with E-state index in [-0.39, 0.29) is 40.0 Å². The smallest absolute Gasteiger partial charge is 0.305 e. The van der Waals surface area contributed by atoms with Crippen molar-refractivity contribution >= 4 is 51.1 Å². The summed E-state index contributed by atoms with van der Waals surface area (Å²) in [6.07, 6.45) is 0. The fraction of sp³-hybridized carbons (Fsp3) is 0.222. The molecule has 0 unspecified atom stereocenters. The van der Waals surface area contributed by atoms with Crippen molar-refractivity contribution in [3.63, 3.8) is 0 Å². The highest BCUT2D eigenvalue weighted by Gasteiger charge is 2.65. The maximum atomic E-state index is 12.9. The average molecular weight is 489 g/mol. The van der Waals surface area contributed by atoms with E-state index in [1.54, 1.807) is 0 Å². The van der Waals surface area contributed by atoms with Crippen LogP contribution in [0.4, 0.5) is 29.9 Å². The van der Waals surface area contributed by atoms with Crippen LogP contribution in [0.5, 0.6) is 0 Å². The molecule has 3 amide bonds. The Morgan fingerprint density at radius 2 is 1.47 bits per heavy atom. The van der Waals surface area contributed by atoms with Gasteiger partial charge in [0.25, 0.3) is 5.91 Å². The molecule has 1 fully saturated rings. The molecular weight excluding hydrogens is 474 g/mol. The van der Waals surface area contributed by atoms with Crippen LogP contribution >= 0.6 is 33.4 Å². The zero-order valence-corrected chi connectivity index (χ0v) is 17.8. The average Bonchev–Trinajstić information content (AvgIpc) is 2.76. The summed E-state index contributed by atoms with van der Waals surface area (Å²) in [4.78, 5) is 25.8. The Kier molecular flexibility index (Phi) is 4.71. The van der Waals surface area contributed by atoms with Crippen molar-refractivity contribution in [3.8, 4) is 0 Å². The topological polar surface area (TPSA) is 40.6 Å². The fourth-order valence-corrected chi connectivity index (χ4v) is 3.93. The molecule has 0 spiro atoms. The summed E-state index contributed by atoms with van der Waals surface area (Å²) in [6.45, 7) is 2.66. The van der Waals surface area contributed by atoms with Crippen LogP contribution in [0, 0.1) is 0 Å². The van der Waals surface area contributed by atoms with Gasteiger partial charge < -0.3 is 4.90 Å². The number of imide groups is 1. The van der Waals surface area contributed by atoms with Crippen molar-refractivity contribution in [3.05, 3.63) is 58.1 Å². The number of nitrogens with zero attached hydrogens (tertiary/aromatic N) is 2. The minimum Gasteiger partial charge on any atom is -0.305 e. The van der Waals surface area contributed by atoms with Crippen LogP contribution in [0.15, 0.2) is 47.4 Å². The molecule has 0 saturated carbocycles. The number of hydrogen-bond donors (Lipinski definition) is 0. The molecule has 0 aliphatic carbocycles. The normalized spacial score (nSPS) is 19.1. The van der Waals surface area contributed by atoms with Crippen LogP contribution in [0.25, 0.3) is 0 Å². The number of carbonyl (C=O) groups is 2. The molecule has 1 aliphatic rings. The standard InChI is InChI=1S/C18H15Cl2F5N2O2S/c1-18(2)16(28)27(12-5-8-14(19)15(20)9-12)17(29)26(18)10-11-3-6-13(7-4-11)30(21,22,23,24)25/h3-9H,10H2,1-2H3. The molecule has 2 aromatic rings. The van der Waals surface area contributed by atoms with Crippen LogP contribution in [-0.4, -0.2) is 22.4 Å². The molecule has 1 saturated heterocycles. The Bertz CT molecular complexity index is 1060. The Balaban J connectivity index is 1.92. The first-order valence-electron chi connectivity index (χ1n) is 8.36. The van der Waals surface area contributed by atoms with Crippen LogP contribution in [0.3, 0.4) is 0 Å². The molecule has 0 radical (unpaired) electrons. The number of benzene rings is 2. The summed E-state index contributed by atoms with van der Waals surface area (Å²) in [7, 11) is -9.80. The van der Waals surface area contributed by atoms with Gasteiger partial charge in [-0.25, -0.2) is 9.69 Å². The van der Waals surface area contributed by atoms with Gasteiger partial charge in [-0.3, -0.25) is 4.79 Å². The van der Waals surface area contributed by atoms with E-state index in [0.717, 1.165) is 21.9 Å². The Morgan fingerprint density at radius 1 is 0.900 bits per heavy atom.